The monoisotopic (exact) mass is 363 g/mol. The van der Waals surface area contributed by atoms with Crippen LogP contribution in [0.1, 0.15) is 29.7 Å². The number of aliphatic hydroxyl groups is 1. The Morgan fingerprint density at radius 2 is 2.07 bits per heavy atom. The minimum atomic E-state index is 0.0756. The molecule has 1 fully saturated rings. The van der Waals surface area contributed by atoms with Gasteiger partial charge in [-0.15, -0.1) is 0 Å². The van der Waals surface area contributed by atoms with Crippen LogP contribution in [0.4, 0.5) is 0 Å². The fourth-order valence-corrected chi connectivity index (χ4v) is 3.91. The second-order valence-corrected chi connectivity index (χ2v) is 7.37. The summed E-state index contributed by atoms with van der Waals surface area (Å²) in [6.45, 7) is 1.74. The smallest absolute Gasteiger partial charge is 0.222 e. The van der Waals surface area contributed by atoms with Crippen LogP contribution < -0.4 is 0 Å². The number of nitrogens with zero attached hydrogens (tertiary/aromatic N) is 3. The first-order valence-electron chi connectivity index (χ1n) is 9.60. The van der Waals surface area contributed by atoms with E-state index < -0.39 is 0 Å². The molecule has 1 N–H and O–H groups in total. The van der Waals surface area contributed by atoms with Crippen molar-refractivity contribution in [2.45, 2.75) is 32.3 Å². The van der Waals surface area contributed by atoms with Gasteiger partial charge in [-0.2, -0.15) is 0 Å². The SMILES string of the molecule is O=C(CCc1cn2ccccc2n1)N1CC[C@H](Cc2cccc(CO)c2)C1. The fraction of sp³-hybridized carbons (Fsp3) is 0.364. The van der Waals surface area contributed by atoms with E-state index in [-0.39, 0.29) is 12.5 Å². The molecule has 1 aromatic carbocycles. The van der Waals surface area contributed by atoms with Crippen LogP contribution in [0.2, 0.25) is 0 Å². The number of aliphatic hydroxyl groups excluding tert-OH is 1. The van der Waals surface area contributed by atoms with Crippen LogP contribution in [0.3, 0.4) is 0 Å². The molecular formula is C22H25N3O2. The van der Waals surface area contributed by atoms with Gasteiger partial charge in [0.15, 0.2) is 0 Å². The molecule has 4 rings (SSSR count). The lowest BCUT2D eigenvalue weighted by atomic mass is 9.97. The summed E-state index contributed by atoms with van der Waals surface area (Å²) in [5, 5.41) is 9.28. The van der Waals surface area contributed by atoms with Crippen molar-refractivity contribution < 1.29 is 9.90 Å². The minimum absolute atomic E-state index is 0.0756. The molecule has 1 aliphatic rings. The highest BCUT2D eigenvalue weighted by Crippen LogP contribution is 2.22. The van der Waals surface area contributed by atoms with E-state index in [4.69, 9.17) is 0 Å². The van der Waals surface area contributed by atoms with Crippen LogP contribution in [-0.2, 0) is 24.2 Å². The Hall–Kier alpha value is -2.66. The lowest BCUT2D eigenvalue weighted by Gasteiger charge is -2.16. The van der Waals surface area contributed by atoms with Crippen molar-refractivity contribution in [3.63, 3.8) is 0 Å². The number of likely N-dealkylation sites (tertiary alicyclic amines) is 1. The highest BCUT2D eigenvalue weighted by molar-refractivity contribution is 5.76. The first kappa shape index (κ1) is 17.7. The minimum Gasteiger partial charge on any atom is -0.392 e. The van der Waals surface area contributed by atoms with Gasteiger partial charge in [0.2, 0.25) is 5.91 Å². The van der Waals surface area contributed by atoms with Gasteiger partial charge in [-0.1, -0.05) is 30.3 Å². The summed E-state index contributed by atoms with van der Waals surface area (Å²) in [7, 11) is 0. The van der Waals surface area contributed by atoms with Gasteiger partial charge in [-0.25, -0.2) is 4.98 Å². The van der Waals surface area contributed by atoms with Crippen LogP contribution in [0.15, 0.2) is 54.9 Å². The molecule has 1 amide bonds. The predicted molar refractivity (Wildman–Crippen MR) is 104 cm³/mol. The lowest BCUT2D eigenvalue weighted by Crippen LogP contribution is -2.29. The van der Waals surface area contributed by atoms with Gasteiger partial charge in [-0.3, -0.25) is 4.79 Å². The molecule has 3 aromatic rings. The van der Waals surface area contributed by atoms with Crippen molar-refractivity contribution in [2.75, 3.05) is 13.1 Å². The Morgan fingerprint density at radius 1 is 1.19 bits per heavy atom. The molecule has 0 unspecified atom stereocenters. The third-order valence-electron chi connectivity index (χ3n) is 5.35. The molecule has 1 atom stereocenters. The van der Waals surface area contributed by atoms with Crippen LogP contribution in [0.5, 0.6) is 0 Å². The number of imidazole rings is 1. The third-order valence-corrected chi connectivity index (χ3v) is 5.35. The summed E-state index contributed by atoms with van der Waals surface area (Å²) in [6.07, 6.45) is 7.18. The van der Waals surface area contributed by atoms with Crippen LogP contribution in [0.25, 0.3) is 5.65 Å². The van der Waals surface area contributed by atoms with E-state index in [1.165, 1.54) is 5.56 Å². The molecule has 5 nitrogen and oxygen atoms in total. The summed E-state index contributed by atoms with van der Waals surface area (Å²) in [4.78, 5) is 19.2. The number of hydrogen-bond donors (Lipinski definition) is 1. The molecule has 0 spiro atoms. The second kappa shape index (κ2) is 7.92. The maximum absolute atomic E-state index is 12.6. The van der Waals surface area contributed by atoms with Crippen LogP contribution in [-0.4, -0.2) is 38.4 Å². The van der Waals surface area contributed by atoms with Gasteiger partial charge in [0, 0.05) is 31.9 Å². The van der Waals surface area contributed by atoms with E-state index in [1.807, 2.05) is 52.0 Å². The summed E-state index contributed by atoms with van der Waals surface area (Å²) in [5.74, 6) is 0.719. The summed E-state index contributed by atoms with van der Waals surface area (Å²) in [5.41, 5.74) is 4.08. The number of carbonyl (C=O) groups excluding carboxylic acids is 1. The molecule has 5 heteroatoms. The zero-order valence-corrected chi connectivity index (χ0v) is 15.4. The van der Waals surface area contributed by atoms with E-state index in [2.05, 4.69) is 17.1 Å². The average molecular weight is 363 g/mol. The first-order chi connectivity index (χ1) is 13.2. The normalized spacial score (nSPS) is 16.9. The third kappa shape index (κ3) is 4.19. The maximum Gasteiger partial charge on any atom is 0.222 e. The molecule has 0 aliphatic carbocycles. The second-order valence-electron chi connectivity index (χ2n) is 7.37. The summed E-state index contributed by atoms with van der Waals surface area (Å²) in [6, 6.07) is 14.0. The van der Waals surface area contributed by atoms with Crippen molar-refractivity contribution in [1.29, 1.82) is 0 Å². The first-order valence-corrected chi connectivity index (χ1v) is 9.60. The molecule has 3 heterocycles. The Kier molecular flexibility index (Phi) is 5.21. The number of carbonyl (C=O) groups is 1. The zero-order chi connectivity index (χ0) is 18.6. The van der Waals surface area contributed by atoms with Gasteiger partial charge in [0.25, 0.3) is 0 Å². The van der Waals surface area contributed by atoms with Gasteiger partial charge in [-0.05, 0) is 48.4 Å². The highest BCUT2D eigenvalue weighted by atomic mass is 16.3. The predicted octanol–water partition coefficient (Wildman–Crippen LogP) is 2.85. The molecule has 2 aromatic heterocycles. The summed E-state index contributed by atoms with van der Waals surface area (Å²) < 4.78 is 1.99. The van der Waals surface area contributed by atoms with Crippen LogP contribution >= 0.6 is 0 Å². The topological polar surface area (TPSA) is 57.8 Å². The van der Waals surface area contributed by atoms with Gasteiger partial charge < -0.3 is 14.4 Å². The van der Waals surface area contributed by atoms with Gasteiger partial charge in [0.05, 0.1) is 12.3 Å². The number of aryl methyl sites for hydroxylation is 1. The fourth-order valence-electron chi connectivity index (χ4n) is 3.91. The molecule has 1 saturated heterocycles. The van der Waals surface area contributed by atoms with E-state index in [0.717, 1.165) is 42.8 Å². The number of amides is 1. The standard InChI is InChI=1S/C22H25N3O2/c26-16-19-5-3-4-17(13-19)12-18-9-11-25(14-18)22(27)8-7-20-15-24-10-2-1-6-21(24)23-20/h1-6,10,13,15,18,26H,7-9,11-12,14,16H2/t18-/m1/s1. The molecular weight excluding hydrogens is 338 g/mol. The Balaban J connectivity index is 1.29. The Labute approximate surface area is 159 Å². The number of rotatable bonds is 6. The van der Waals surface area contributed by atoms with Crippen molar-refractivity contribution >= 4 is 11.6 Å². The van der Waals surface area contributed by atoms with Crippen molar-refractivity contribution in [1.82, 2.24) is 14.3 Å². The van der Waals surface area contributed by atoms with Crippen LogP contribution in [0, 0.1) is 5.92 Å². The number of benzene rings is 1. The molecule has 0 bridgehead atoms. The lowest BCUT2D eigenvalue weighted by molar-refractivity contribution is -0.130. The number of fused-ring (bicyclic) bond motifs is 1. The highest BCUT2D eigenvalue weighted by Gasteiger charge is 2.26. The van der Waals surface area contributed by atoms with Crippen molar-refractivity contribution in [2.24, 2.45) is 5.92 Å². The largest absolute Gasteiger partial charge is 0.392 e. The van der Waals surface area contributed by atoms with Crippen molar-refractivity contribution in [3.05, 3.63) is 71.7 Å². The number of aromatic nitrogens is 2. The Bertz CT molecular complexity index is 901. The average Bonchev–Trinajstić information content (AvgIpc) is 3.33. The van der Waals surface area contributed by atoms with Gasteiger partial charge >= 0.3 is 0 Å². The zero-order valence-electron chi connectivity index (χ0n) is 15.4. The van der Waals surface area contributed by atoms with Crippen molar-refractivity contribution in [3.8, 4) is 0 Å². The quantitative estimate of drug-likeness (QED) is 0.733. The van der Waals surface area contributed by atoms with E-state index >= 15 is 0 Å². The van der Waals surface area contributed by atoms with E-state index in [9.17, 15) is 9.90 Å². The molecule has 27 heavy (non-hydrogen) atoms. The number of pyridine rings is 1. The molecule has 0 radical (unpaired) electrons. The molecule has 140 valence electrons. The Morgan fingerprint density at radius 3 is 2.93 bits per heavy atom. The molecule has 0 saturated carbocycles. The molecule has 1 aliphatic heterocycles. The number of hydrogen-bond acceptors (Lipinski definition) is 3. The van der Waals surface area contributed by atoms with E-state index in [1.54, 1.807) is 0 Å². The summed E-state index contributed by atoms with van der Waals surface area (Å²) >= 11 is 0. The van der Waals surface area contributed by atoms with Gasteiger partial charge in [0.1, 0.15) is 5.65 Å². The maximum atomic E-state index is 12.6. The van der Waals surface area contributed by atoms with E-state index in [0.29, 0.717) is 18.8 Å².